The zero-order valence-electron chi connectivity index (χ0n) is 15.4. The molecule has 1 heterocycles. The fraction of sp³-hybridized carbons (Fsp3) is 0.632. The highest BCUT2D eigenvalue weighted by Gasteiger charge is 2.19. The maximum Gasteiger partial charge on any atom is 0.193 e. The van der Waals surface area contributed by atoms with Gasteiger partial charge in [0.05, 0.1) is 7.11 Å². The smallest absolute Gasteiger partial charge is 0.193 e. The second-order valence-electron chi connectivity index (χ2n) is 6.63. The Balaban J connectivity index is 0.00000288. The molecule has 0 aromatic heterocycles. The van der Waals surface area contributed by atoms with Crippen LogP contribution in [0, 0.1) is 5.92 Å². The van der Waals surface area contributed by atoms with Crippen molar-refractivity contribution in [3.63, 3.8) is 0 Å². The molecular formula is C19H32IN3O. The summed E-state index contributed by atoms with van der Waals surface area (Å²) in [6, 6.07) is 8.38. The second-order valence-corrected chi connectivity index (χ2v) is 6.63. The average Bonchev–Trinajstić information content (AvgIpc) is 2.58. The highest BCUT2D eigenvalue weighted by molar-refractivity contribution is 14.0. The van der Waals surface area contributed by atoms with E-state index in [1.54, 1.807) is 7.11 Å². The van der Waals surface area contributed by atoms with Gasteiger partial charge in [-0.05, 0) is 48.8 Å². The zero-order valence-corrected chi connectivity index (χ0v) is 17.7. The lowest BCUT2D eigenvalue weighted by Gasteiger charge is -2.33. The molecule has 2 atom stereocenters. The lowest BCUT2D eigenvalue weighted by Crippen LogP contribution is -2.46. The minimum absolute atomic E-state index is 0. The van der Waals surface area contributed by atoms with Crippen molar-refractivity contribution < 1.29 is 4.74 Å². The Hall–Kier alpha value is -0.980. The van der Waals surface area contributed by atoms with E-state index in [-0.39, 0.29) is 24.0 Å². The Morgan fingerprint density at radius 2 is 2.08 bits per heavy atom. The van der Waals surface area contributed by atoms with Crippen molar-refractivity contribution in [3.05, 3.63) is 29.8 Å². The van der Waals surface area contributed by atoms with Gasteiger partial charge in [0, 0.05) is 26.7 Å². The number of piperidine rings is 1. The number of methoxy groups -OCH3 is 1. The van der Waals surface area contributed by atoms with E-state index in [1.807, 2.05) is 19.2 Å². The van der Waals surface area contributed by atoms with Crippen LogP contribution < -0.4 is 10.1 Å². The van der Waals surface area contributed by atoms with Crippen molar-refractivity contribution in [1.82, 2.24) is 10.2 Å². The van der Waals surface area contributed by atoms with E-state index in [0.717, 1.165) is 43.7 Å². The lowest BCUT2D eigenvalue weighted by atomic mass is 9.98. The van der Waals surface area contributed by atoms with Crippen LogP contribution >= 0.6 is 24.0 Å². The van der Waals surface area contributed by atoms with Crippen LogP contribution in [0.25, 0.3) is 0 Å². The number of guanidine groups is 1. The largest absolute Gasteiger partial charge is 0.497 e. The number of rotatable bonds is 5. The lowest BCUT2D eigenvalue weighted by molar-refractivity contribution is 0.266. The predicted octanol–water partition coefficient (Wildman–Crippen LogP) is 4.11. The first kappa shape index (κ1) is 21.1. The summed E-state index contributed by atoms with van der Waals surface area (Å²) in [6.07, 6.45) is 3.70. The van der Waals surface area contributed by atoms with Crippen molar-refractivity contribution in [2.45, 2.75) is 39.0 Å². The monoisotopic (exact) mass is 445 g/mol. The highest BCUT2D eigenvalue weighted by Crippen LogP contribution is 2.21. The summed E-state index contributed by atoms with van der Waals surface area (Å²) < 4.78 is 5.22. The topological polar surface area (TPSA) is 36.9 Å². The molecule has 4 nitrogen and oxygen atoms in total. The molecule has 0 bridgehead atoms. The van der Waals surface area contributed by atoms with Gasteiger partial charge < -0.3 is 15.0 Å². The number of hydrogen-bond acceptors (Lipinski definition) is 2. The average molecular weight is 445 g/mol. The summed E-state index contributed by atoms with van der Waals surface area (Å²) in [5.41, 5.74) is 1.36. The van der Waals surface area contributed by atoms with Gasteiger partial charge in [0.25, 0.3) is 0 Å². The zero-order chi connectivity index (χ0) is 16.7. The summed E-state index contributed by atoms with van der Waals surface area (Å²) >= 11 is 0. The summed E-state index contributed by atoms with van der Waals surface area (Å²) in [5, 5.41) is 3.53. The number of hydrogen-bond donors (Lipinski definition) is 1. The minimum Gasteiger partial charge on any atom is -0.497 e. The standard InChI is InChI=1S/C19H31N3O.HI/c1-15-6-5-13-22(14-15)19(20-3)21-12-11-16(2)17-7-9-18(23-4)10-8-17;/h7-10,15-16H,5-6,11-14H2,1-4H3,(H,20,21);1H. The van der Waals surface area contributed by atoms with Gasteiger partial charge >= 0.3 is 0 Å². The van der Waals surface area contributed by atoms with Crippen LogP contribution in [0.2, 0.25) is 0 Å². The van der Waals surface area contributed by atoms with Crippen LogP contribution in [0.1, 0.15) is 44.6 Å². The van der Waals surface area contributed by atoms with E-state index in [1.165, 1.54) is 18.4 Å². The molecule has 24 heavy (non-hydrogen) atoms. The van der Waals surface area contributed by atoms with Crippen LogP contribution in [0.3, 0.4) is 0 Å². The Bertz CT molecular complexity index is 504. The fourth-order valence-corrected chi connectivity index (χ4v) is 3.21. The number of aliphatic imine (C=N–C) groups is 1. The Morgan fingerprint density at radius 1 is 1.38 bits per heavy atom. The molecule has 0 aliphatic carbocycles. The predicted molar refractivity (Wildman–Crippen MR) is 113 cm³/mol. The second kappa shape index (κ2) is 10.8. The van der Waals surface area contributed by atoms with Gasteiger partial charge in [-0.2, -0.15) is 0 Å². The van der Waals surface area contributed by atoms with Gasteiger partial charge in [-0.15, -0.1) is 24.0 Å². The van der Waals surface area contributed by atoms with Crippen molar-refractivity contribution in [2.75, 3.05) is 33.8 Å². The molecular weight excluding hydrogens is 413 g/mol. The first-order valence-electron chi connectivity index (χ1n) is 8.73. The number of nitrogens with one attached hydrogen (secondary N) is 1. The fourth-order valence-electron chi connectivity index (χ4n) is 3.21. The van der Waals surface area contributed by atoms with Gasteiger partial charge in [0.1, 0.15) is 5.75 Å². The molecule has 1 N–H and O–H groups in total. The van der Waals surface area contributed by atoms with Crippen molar-refractivity contribution in [2.24, 2.45) is 10.9 Å². The third-order valence-electron chi connectivity index (χ3n) is 4.71. The number of benzene rings is 1. The first-order chi connectivity index (χ1) is 11.1. The molecule has 1 fully saturated rings. The highest BCUT2D eigenvalue weighted by atomic mass is 127. The van der Waals surface area contributed by atoms with Crippen LogP contribution in [0.4, 0.5) is 0 Å². The van der Waals surface area contributed by atoms with E-state index in [4.69, 9.17) is 4.74 Å². The van der Waals surface area contributed by atoms with Crippen molar-refractivity contribution >= 4 is 29.9 Å². The quantitative estimate of drug-likeness (QED) is 0.421. The number of nitrogens with zero attached hydrogens (tertiary/aromatic N) is 2. The van der Waals surface area contributed by atoms with Crippen molar-refractivity contribution in [3.8, 4) is 5.75 Å². The van der Waals surface area contributed by atoms with Gasteiger partial charge in [0.2, 0.25) is 0 Å². The number of ether oxygens (including phenoxy) is 1. The molecule has 0 spiro atoms. The van der Waals surface area contributed by atoms with Crippen molar-refractivity contribution in [1.29, 1.82) is 0 Å². The Labute approximate surface area is 164 Å². The van der Waals surface area contributed by atoms with Gasteiger partial charge in [0.15, 0.2) is 5.96 Å². The normalized spacial score (nSPS) is 19.4. The number of halogens is 1. The molecule has 1 aliphatic rings. The van der Waals surface area contributed by atoms with E-state index < -0.39 is 0 Å². The Morgan fingerprint density at radius 3 is 2.67 bits per heavy atom. The first-order valence-corrected chi connectivity index (χ1v) is 8.73. The molecule has 1 saturated heterocycles. The summed E-state index contributed by atoms with van der Waals surface area (Å²) in [7, 11) is 3.59. The molecule has 1 aliphatic heterocycles. The molecule has 1 aromatic rings. The van der Waals surface area contributed by atoms with Gasteiger partial charge in [-0.1, -0.05) is 26.0 Å². The van der Waals surface area contributed by atoms with Crippen LogP contribution in [-0.2, 0) is 0 Å². The molecule has 2 unspecified atom stereocenters. The molecule has 136 valence electrons. The van der Waals surface area contributed by atoms with Gasteiger partial charge in [-0.25, -0.2) is 0 Å². The van der Waals surface area contributed by atoms with E-state index in [2.05, 4.69) is 41.2 Å². The Kier molecular flexibility index (Phi) is 9.48. The minimum atomic E-state index is 0. The third-order valence-corrected chi connectivity index (χ3v) is 4.71. The van der Waals surface area contributed by atoms with E-state index in [9.17, 15) is 0 Å². The number of likely N-dealkylation sites (tertiary alicyclic amines) is 1. The molecule has 1 aromatic carbocycles. The summed E-state index contributed by atoms with van der Waals surface area (Å²) in [6.45, 7) is 7.79. The van der Waals surface area contributed by atoms with Crippen LogP contribution in [0.5, 0.6) is 5.75 Å². The molecule has 0 amide bonds. The molecule has 0 saturated carbocycles. The maximum atomic E-state index is 5.22. The van der Waals surface area contributed by atoms with Crippen LogP contribution in [-0.4, -0.2) is 44.7 Å². The molecule has 0 radical (unpaired) electrons. The SMILES string of the molecule is CN=C(NCCC(C)c1ccc(OC)cc1)N1CCCC(C)C1.I. The summed E-state index contributed by atoms with van der Waals surface area (Å²) in [5.74, 6) is 3.25. The van der Waals surface area contributed by atoms with Gasteiger partial charge in [-0.3, -0.25) is 4.99 Å². The maximum absolute atomic E-state index is 5.22. The molecule has 5 heteroatoms. The van der Waals surface area contributed by atoms with E-state index >= 15 is 0 Å². The molecule has 2 rings (SSSR count). The summed E-state index contributed by atoms with van der Waals surface area (Å²) in [4.78, 5) is 6.85. The van der Waals surface area contributed by atoms with Crippen LogP contribution in [0.15, 0.2) is 29.3 Å². The van der Waals surface area contributed by atoms with E-state index in [0.29, 0.717) is 5.92 Å². The third kappa shape index (κ3) is 6.15.